The van der Waals surface area contributed by atoms with Crippen LogP contribution in [0.2, 0.25) is 0 Å². The summed E-state index contributed by atoms with van der Waals surface area (Å²) in [5, 5.41) is 6.43. The molecule has 1 aliphatic rings. The molecule has 0 atom stereocenters. The number of furan rings is 1. The number of nitrogen functional groups attached to an aromatic ring is 1. The van der Waals surface area contributed by atoms with E-state index in [0.29, 0.717) is 17.9 Å². The predicted molar refractivity (Wildman–Crippen MR) is 64.6 cm³/mol. The van der Waals surface area contributed by atoms with E-state index in [0.717, 1.165) is 18.6 Å². The molecule has 0 unspecified atom stereocenters. The van der Waals surface area contributed by atoms with E-state index in [2.05, 4.69) is 10.2 Å². The van der Waals surface area contributed by atoms with Gasteiger partial charge < -0.3 is 15.1 Å². The number of aromatic nitrogens is 2. The zero-order valence-corrected chi connectivity index (χ0v) is 9.80. The first kappa shape index (κ1) is 10.9. The van der Waals surface area contributed by atoms with Gasteiger partial charge in [-0.1, -0.05) is 0 Å². The Morgan fingerprint density at radius 1 is 1.61 bits per heavy atom. The van der Waals surface area contributed by atoms with E-state index < -0.39 is 0 Å². The monoisotopic (exact) mass is 246 g/mol. The number of hydrogen-bond donors (Lipinski definition) is 2. The summed E-state index contributed by atoms with van der Waals surface area (Å²) >= 11 is 0. The largest absolute Gasteiger partial charge is 0.467 e. The molecule has 94 valence electrons. The van der Waals surface area contributed by atoms with Crippen LogP contribution >= 0.6 is 0 Å². The van der Waals surface area contributed by atoms with Crippen molar-refractivity contribution in [1.82, 2.24) is 15.1 Å². The van der Waals surface area contributed by atoms with Crippen LogP contribution in [0.15, 0.2) is 29.0 Å². The highest BCUT2D eigenvalue weighted by Crippen LogP contribution is 2.30. The molecule has 18 heavy (non-hydrogen) atoms. The van der Waals surface area contributed by atoms with Crippen molar-refractivity contribution in [2.75, 3.05) is 5.73 Å². The molecule has 2 aromatic heterocycles. The number of nitrogens with two attached hydrogens (primary N) is 1. The number of carbonyl (C=O) groups excluding carboxylic acids is 1. The van der Waals surface area contributed by atoms with Gasteiger partial charge in [0.25, 0.3) is 5.91 Å². The van der Waals surface area contributed by atoms with E-state index in [9.17, 15) is 4.79 Å². The van der Waals surface area contributed by atoms with Crippen molar-refractivity contribution in [3.05, 3.63) is 36.0 Å². The molecule has 0 aliphatic heterocycles. The first-order valence-corrected chi connectivity index (χ1v) is 5.88. The SMILES string of the molecule is Nc1cn[nH]c1C(=O)N(Cc1ccco1)C1CC1. The third kappa shape index (κ3) is 1.97. The molecule has 3 N–H and O–H groups in total. The van der Waals surface area contributed by atoms with Crippen molar-refractivity contribution in [2.24, 2.45) is 0 Å². The van der Waals surface area contributed by atoms with Crippen LogP contribution in [0.5, 0.6) is 0 Å². The molecule has 1 fully saturated rings. The molecule has 0 aromatic carbocycles. The van der Waals surface area contributed by atoms with Gasteiger partial charge in [0.1, 0.15) is 11.5 Å². The van der Waals surface area contributed by atoms with E-state index in [1.165, 1.54) is 6.20 Å². The lowest BCUT2D eigenvalue weighted by atomic mass is 10.3. The number of aromatic amines is 1. The molecule has 0 bridgehead atoms. The minimum atomic E-state index is -0.121. The van der Waals surface area contributed by atoms with Gasteiger partial charge in [-0.25, -0.2) is 0 Å². The Hall–Kier alpha value is -2.24. The topological polar surface area (TPSA) is 88.1 Å². The highest BCUT2D eigenvalue weighted by molar-refractivity contribution is 5.97. The number of amides is 1. The number of nitrogens with one attached hydrogen (secondary N) is 1. The molecule has 1 amide bonds. The van der Waals surface area contributed by atoms with Crippen molar-refractivity contribution in [1.29, 1.82) is 0 Å². The van der Waals surface area contributed by atoms with Crippen LogP contribution in [0.1, 0.15) is 29.1 Å². The molecular weight excluding hydrogens is 232 g/mol. The third-order valence-corrected chi connectivity index (χ3v) is 3.04. The van der Waals surface area contributed by atoms with E-state index in [4.69, 9.17) is 10.2 Å². The second kappa shape index (κ2) is 4.21. The van der Waals surface area contributed by atoms with Gasteiger partial charge >= 0.3 is 0 Å². The smallest absolute Gasteiger partial charge is 0.274 e. The number of H-pyrrole nitrogens is 1. The van der Waals surface area contributed by atoms with Crippen molar-refractivity contribution >= 4 is 11.6 Å². The van der Waals surface area contributed by atoms with Gasteiger partial charge in [-0.05, 0) is 25.0 Å². The summed E-state index contributed by atoms with van der Waals surface area (Å²) < 4.78 is 5.29. The van der Waals surface area contributed by atoms with E-state index in [1.807, 2.05) is 12.1 Å². The van der Waals surface area contributed by atoms with Gasteiger partial charge in [0.2, 0.25) is 0 Å². The van der Waals surface area contributed by atoms with Crippen LogP contribution < -0.4 is 5.73 Å². The normalized spacial score (nSPS) is 14.7. The van der Waals surface area contributed by atoms with Crippen LogP contribution in [0.3, 0.4) is 0 Å². The van der Waals surface area contributed by atoms with Crippen molar-refractivity contribution in [3.8, 4) is 0 Å². The molecule has 1 saturated carbocycles. The van der Waals surface area contributed by atoms with Gasteiger partial charge in [0, 0.05) is 6.04 Å². The summed E-state index contributed by atoms with van der Waals surface area (Å²) in [6, 6.07) is 3.96. The number of nitrogens with zero attached hydrogens (tertiary/aromatic N) is 2. The van der Waals surface area contributed by atoms with Gasteiger partial charge in [-0.15, -0.1) is 0 Å². The van der Waals surface area contributed by atoms with Gasteiger partial charge in [0.05, 0.1) is 24.7 Å². The number of rotatable bonds is 4. The van der Waals surface area contributed by atoms with Crippen molar-refractivity contribution < 1.29 is 9.21 Å². The number of hydrogen-bond acceptors (Lipinski definition) is 4. The maximum atomic E-state index is 12.4. The van der Waals surface area contributed by atoms with Crippen molar-refractivity contribution in [3.63, 3.8) is 0 Å². The van der Waals surface area contributed by atoms with Gasteiger partial charge in [-0.2, -0.15) is 5.10 Å². The van der Waals surface area contributed by atoms with E-state index in [-0.39, 0.29) is 11.9 Å². The highest BCUT2D eigenvalue weighted by atomic mass is 16.3. The third-order valence-electron chi connectivity index (χ3n) is 3.04. The second-order valence-electron chi connectivity index (χ2n) is 4.44. The number of carbonyl (C=O) groups is 1. The van der Waals surface area contributed by atoms with Crippen LogP contribution in [-0.2, 0) is 6.54 Å². The fourth-order valence-electron chi connectivity index (χ4n) is 1.93. The Labute approximate surface area is 104 Å². The van der Waals surface area contributed by atoms with Gasteiger partial charge in [0.15, 0.2) is 0 Å². The first-order valence-electron chi connectivity index (χ1n) is 5.88. The van der Waals surface area contributed by atoms with E-state index in [1.54, 1.807) is 11.2 Å². The Bertz CT molecular complexity index is 542. The molecule has 0 spiro atoms. The average Bonchev–Trinajstić information content (AvgIpc) is 2.89. The quantitative estimate of drug-likeness (QED) is 0.853. The van der Waals surface area contributed by atoms with Crippen LogP contribution in [0.25, 0.3) is 0 Å². The Kier molecular flexibility index (Phi) is 2.55. The lowest BCUT2D eigenvalue weighted by Crippen LogP contribution is -2.33. The van der Waals surface area contributed by atoms with Crippen LogP contribution in [0.4, 0.5) is 5.69 Å². The summed E-state index contributed by atoms with van der Waals surface area (Å²) in [4.78, 5) is 14.1. The molecule has 1 aliphatic carbocycles. The fourth-order valence-corrected chi connectivity index (χ4v) is 1.93. The maximum absolute atomic E-state index is 12.4. The summed E-state index contributed by atoms with van der Waals surface area (Å²) in [6.45, 7) is 0.467. The summed E-state index contributed by atoms with van der Waals surface area (Å²) in [6.07, 6.45) is 5.11. The lowest BCUT2D eigenvalue weighted by Gasteiger charge is -2.20. The predicted octanol–water partition coefficient (Wildman–Crippen LogP) is 1.39. The highest BCUT2D eigenvalue weighted by Gasteiger charge is 2.34. The minimum absolute atomic E-state index is 0.121. The van der Waals surface area contributed by atoms with E-state index >= 15 is 0 Å². The molecule has 0 radical (unpaired) electrons. The Morgan fingerprint density at radius 2 is 2.44 bits per heavy atom. The molecular formula is C12H14N4O2. The second-order valence-corrected chi connectivity index (χ2v) is 4.44. The zero-order chi connectivity index (χ0) is 12.5. The molecule has 0 saturated heterocycles. The van der Waals surface area contributed by atoms with Crippen LogP contribution in [-0.4, -0.2) is 27.0 Å². The molecule has 2 aromatic rings. The molecule has 6 heteroatoms. The average molecular weight is 246 g/mol. The first-order chi connectivity index (χ1) is 8.75. The fraction of sp³-hybridized carbons (Fsp3) is 0.333. The summed E-state index contributed by atoms with van der Waals surface area (Å²) in [5.41, 5.74) is 6.44. The summed E-state index contributed by atoms with van der Waals surface area (Å²) in [7, 11) is 0. The minimum Gasteiger partial charge on any atom is -0.467 e. The van der Waals surface area contributed by atoms with Crippen LogP contribution in [0, 0.1) is 0 Å². The Balaban J connectivity index is 1.82. The molecule has 3 rings (SSSR count). The van der Waals surface area contributed by atoms with Crippen molar-refractivity contribution in [2.45, 2.75) is 25.4 Å². The molecule has 2 heterocycles. The Morgan fingerprint density at radius 3 is 3.00 bits per heavy atom. The number of anilines is 1. The molecule has 6 nitrogen and oxygen atoms in total. The summed E-state index contributed by atoms with van der Waals surface area (Å²) in [5.74, 6) is 0.650. The van der Waals surface area contributed by atoms with Gasteiger partial charge in [-0.3, -0.25) is 9.89 Å². The lowest BCUT2D eigenvalue weighted by molar-refractivity contribution is 0.0712. The zero-order valence-electron chi connectivity index (χ0n) is 9.80. The maximum Gasteiger partial charge on any atom is 0.274 e. The standard InChI is InChI=1S/C12H14N4O2/c13-10-6-14-15-11(10)12(17)16(8-3-4-8)7-9-2-1-5-18-9/h1-2,5-6,8H,3-4,7,13H2,(H,14,15).